The highest BCUT2D eigenvalue weighted by molar-refractivity contribution is 7.89. The zero-order chi connectivity index (χ0) is 25.4. The molecule has 0 bridgehead atoms. The van der Waals surface area contributed by atoms with Crippen molar-refractivity contribution in [2.24, 2.45) is 11.8 Å². The molecule has 0 spiro atoms. The first-order valence-corrected chi connectivity index (χ1v) is 14.0. The SMILES string of the molecule is CC1CC(C)CN(S(=O)(=O)c2ccc(C(=O)N(Cc3ccco3)c3nc4ccc(F)cc4s3)cc2)C1. The predicted octanol–water partition coefficient (Wildman–Crippen LogP) is 5.54. The van der Waals surface area contributed by atoms with Gasteiger partial charge in [-0.25, -0.2) is 17.8 Å². The van der Waals surface area contributed by atoms with Gasteiger partial charge in [-0.2, -0.15) is 4.31 Å². The third kappa shape index (κ3) is 4.93. The summed E-state index contributed by atoms with van der Waals surface area (Å²) in [6.07, 6.45) is 2.52. The van der Waals surface area contributed by atoms with Crippen LogP contribution >= 0.6 is 11.3 Å². The van der Waals surface area contributed by atoms with Crippen LogP contribution < -0.4 is 4.90 Å². The number of fused-ring (bicyclic) bond motifs is 1. The minimum atomic E-state index is -3.66. The number of furan rings is 1. The number of amides is 1. The Bertz CT molecular complexity index is 1470. The molecule has 2 unspecified atom stereocenters. The Balaban J connectivity index is 1.44. The summed E-state index contributed by atoms with van der Waals surface area (Å²) < 4.78 is 47.8. The number of hydrogen-bond donors (Lipinski definition) is 0. The van der Waals surface area contributed by atoms with Gasteiger partial charge in [0.1, 0.15) is 11.6 Å². The first kappa shape index (κ1) is 24.6. The van der Waals surface area contributed by atoms with Crippen LogP contribution in [0, 0.1) is 17.7 Å². The molecule has 4 aromatic rings. The molecule has 2 aromatic carbocycles. The second-order valence-corrected chi connectivity index (χ2v) is 12.3. The van der Waals surface area contributed by atoms with E-state index in [1.165, 1.54) is 63.2 Å². The number of anilines is 1. The normalized spacial score (nSPS) is 19.0. The van der Waals surface area contributed by atoms with E-state index in [-0.39, 0.29) is 23.2 Å². The van der Waals surface area contributed by atoms with Crippen molar-refractivity contribution in [2.45, 2.75) is 31.7 Å². The fraction of sp³-hybridized carbons (Fsp3) is 0.308. The molecule has 2 atom stereocenters. The number of benzene rings is 2. The molecular formula is C26H26FN3O4S2. The number of halogens is 1. The van der Waals surface area contributed by atoms with Crippen LogP contribution in [0.3, 0.4) is 0 Å². The lowest BCUT2D eigenvalue weighted by Gasteiger charge is -2.34. The number of thiazole rings is 1. The maximum Gasteiger partial charge on any atom is 0.260 e. The Morgan fingerprint density at radius 1 is 1.14 bits per heavy atom. The minimum absolute atomic E-state index is 0.123. The second-order valence-electron chi connectivity index (χ2n) is 9.37. The molecule has 188 valence electrons. The standard InChI is InChI=1S/C26H26FN3O4S2/c1-17-12-18(2)15-29(14-17)36(32,33)22-8-5-19(6-9-22)25(31)30(16-21-4-3-11-34-21)26-28-23-10-7-20(27)13-24(23)35-26/h3-11,13,17-18H,12,14-16H2,1-2H3. The van der Waals surface area contributed by atoms with E-state index < -0.39 is 10.0 Å². The maximum atomic E-state index is 13.7. The van der Waals surface area contributed by atoms with Gasteiger partial charge in [0, 0.05) is 18.7 Å². The van der Waals surface area contributed by atoms with Gasteiger partial charge in [-0.05, 0) is 72.9 Å². The summed E-state index contributed by atoms with van der Waals surface area (Å²) in [5.74, 6) is 0.399. The summed E-state index contributed by atoms with van der Waals surface area (Å²) in [6, 6.07) is 13.8. The molecule has 0 saturated carbocycles. The topological polar surface area (TPSA) is 83.7 Å². The van der Waals surface area contributed by atoms with Gasteiger partial charge in [0.25, 0.3) is 5.91 Å². The van der Waals surface area contributed by atoms with E-state index in [1.54, 1.807) is 18.2 Å². The summed E-state index contributed by atoms with van der Waals surface area (Å²) in [5.41, 5.74) is 0.895. The van der Waals surface area contributed by atoms with Gasteiger partial charge in [-0.1, -0.05) is 25.2 Å². The third-order valence-electron chi connectivity index (χ3n) is 6.28. The predicted molar refractivity (Wildman–Crippen MR) is 137 cm³/mol. The molecule has 36 heavy (non-hydrogen) atoms. The van der Waals surface area contributed by atoms with Crippen molar-refractivity contribution in [3.05, 3.63) is 78.0 Å². The van der Waals surface area contributed by atoms with E-state index in [1.807, 2.05) is 0 Å². The molecule has 1 aliphatic rings. The van der Waals surface area contributed by atoms with Gasteiger partial charge in [-0.15, -0.1) is 0 Å². The van der Waals surface area contributed by atoms with Crippen molar-refractivity contribution in [1.29, 1.82) is 0 Å². The lowest BCUT2D eigenvalue weighted by atomic mass is 9.94. The first-order valence-electron chi connectivity index (χ1n) is 11.7. The molecule has 1 aliphatic heterocycles. The van der Waals surface area contributed by atoms with Crippen molar-refractivity contribution in [1.82, 2.24) is 9.29 Å². The van der Waals surface area contributed by atoms with Crippen molar-refractivity contribution in [3.63, 3.8) is 0 Å². The van der Waals surface area contributed by atoms with Crippen LogP contribution in [-0.4, -0.2) is 36.7 Å². The van der Waals surface area contributed by atoms with Crippen LogP contribution in [0.2, 0.25) is 0 Å². The molecule has 7 nitrogen and oxygen atoms in total. The smallest absolute Gasteiger partial charge is 0.260 e. The fourth-order valence-electron chi connectivity index (χ4n) is 4.66. The molecule has 0 N–H and O–H groups in total. The van der Waals surface area contributed by atoms with Crippen LogP contribution in [0.1, 0.15) is 36.4 Å². The zero-order valence-electron chi connectivity index (χ0n) is 19.9. The van der Waals surface area contributed by atoms with Gasteiger partial charge < -0.3 is 4.42 Å². The monoisotopic (exact) mass is 527 g/mol. The van der Waals surface area contributed by atoms with Gasteiger partial charge in [0.2, 0.25) is 10.0 Å². The van der Waals surface area contributed by atoms with E-state index >= 15 is 0 Å². The lowest BCUT2D eigenvalue weighted by Crippen LogP contribution is -2.42. The number of carbonyl (C=O) groups excluding carboxylic acids is 1. The van der Waals surface area contributed by atoms with Crippen molar-refractivity contribution in [3.8, 4) is 0 Å². The largest absolute Gasteiger partial charge is 0.467 e. The van der Waals surface area contributed by atoms with E-state index in [0.717, 1.165) is 6.42 Å². The molecule has 2 aromatic heterocycles. The summed E-state index contributed by atoms with van der Waals surface area (Å²) in [6.45, 7) is 5.22. The van der Waals surface area contributed by atoms with Crippen LogP contribution in [0.5, 0.6) is 0 Å². The summed E-state index contributed by atoms with van der Waals surface area (Å²) in [7, 11) is -3.66. The maximum absolute atomic E-state index is 13.7. The molecule has 10 heteroatoms. The molecule has 1 saturated heterocycles. The van der Waals surface area contributed by atoms with Gasteiger partial charge in [0.05, 0.1) is 27.9 Å². The van der Waals surface area contributed by atoms with Crippen molar-refractivity contribution in [2.75, 3.05) is 18.0 Å². The summed E-state index contributed by atoms with van der Waals surface area (Å²) in [5, 5.41) is 0.394. The van der Waals surface area contributed by atoms with Crippen LogP contribution in [0.4, 0.5) is 9.52 Å². The lowest BCUT2D eigenvalue weighted by molar-refractivity contribution is 0.0983. The van der Waals surface area contributed by atoms with Crippen LogP contribution in [-0.2, 0) is 16.6 Å². The number of sulfonamides is 1. The molecule has 0 aliphatic carbocycles. The van der Waals surface area contributed by atoms with Crippen molar-refractivity contribution < 1.29 is 22.0 Å². The van der Waals surface area contributed by atoms with Gasteiger partial charge in [0.15, 0.2) is 5.13 Å². The summed E-state index contributed by atoms with van der Waals surface area (Å²) >= 11 is 1.20. The highest BCUT2D eigenvalue weighted by Crippen LogP contribution is 2.32. The molecule has 0 radical (unpaired) electrons. The molecule has 3 heterocycles. The van der Waals surface area contributed by atoms with Crippen molar-refractivity contribution >= 4 is 42.6 Å². The Hall–Kier alpha value is -3.08. The first-order chi connectivity index (χ1) is 17.2. The Morgan fingerprint density at radius 3 is 2.53 bits per heavy atom. The van der Waals surface area contributed by atoms with Crippen LogP contribution in [0.25, 0.3) is 10.2 Å². The molecule has 1 amide bonds. The Morgan fingerprint density at radius 2 is 1.86 bits per heavy atom. The van der Waals surface area contributed by atoms with Gasteiger partial charge >= 0.3 is 0 Å². The number of nitrogens with zero attached hydrogens (tertiary/aromatic N) is 3. The van der Waals surface area contributed by atoms with E-state index in [0.29, 0.717) is 51.6 Å². The second kappa shape index (κ2) is 9.76. The number of hydrogen-bond acceptors (Lipinski definition) is 6. The van der Waals surface area contributed by atoms with E-state index in [9.17, 15) is 17.6 Å². The number of piperidine rings is 1. The average Bonchev–Trinajstić information content (AvgIpc) is 3.51. The third-order valence-corrected chi connectivity index (χ3v) is 9.17. The quantitative estimate of drug-likeness (QED) is 0.329. The number of aromatic nitrogens is 1. The number of rotatable bonds is 6. The van der Waals surface area contributed by atoms with Crippen LogP contribution in [0.15, 0.2) is 70.2 Å². The number of carbonyl (C=O) groups is 1. The highest BCUT2D eigenvalue weighted by Gasteiger charge is 2.32. The molecular weight excluding hydrogens is 501 g/mol. The molecule has 1 fully saturated rings. The average molecular weight is 528 g/mol. The van der Waals surface area contributed by atoms with E-state index in [4.69, 9.17) is 4.42 Å². The Kier molecular flexibility index (Phi) is 6.67. The Labute approximate surface area is 213 Å². The fourth-order valence-corrected chi connectivity index (χ4v) is 7.33. The van der Waals surface area contributed by atoms with Gasteiger partial charge in [-0.3, -0.25) is 9.69 Å². The summed E-state index contributed by atoms with van der Waals surface area (Å²) in [4.78, 5) is 19.7. The zero-order valence-corrected chi connectivity index (χ0v) is 21.6. The minimum Gasteiger partial charge on any atom is -0.467 e. The van der Waals surface area contributed by atoms with E-state index in [2.05, 4.69) is 18.8 Å². The molecule has 5 rings (SSSR count). The highest BCUT2D eigenvalue weighted by atomic mass is 32.2.